The lowest BCUT2D eigenvalue weighted by Gasteiger charge is -2.15. The Hall–Kier alpha value is -0.240. The van der Waals surface area contributed by atoms with Crippen LogP contribution in [-0.2, 0) is 18.9 Å². The van der Waals surface area contributed by atoms with E-state index in [-0.39, 0.29) is 0 Å². The lowest BCUT2D eigenvalue weighted by atomic mass is 10.8. The molecule has 0 aliphatic rings. The van der Waals surface area contributed by atoms with E-state index in [2.05, 4.69) is 4.74 Å². The van der Waals surface area contributed by atoms with E-state index in [0.717, 1.165) is 0 Å². The number of aliphatic hydroxyl groups excluding tert-OH is 1. The molecule has 0 aromatic heterocycles. The van der Waals surface area contributed by atoms with Gasteiger partial charge in [-0.2, -0.15) is 0 Å². The van der Waals surface area contributed by atoms with Crippen molar-refractivity contribution in [3.8, 4) is 0 Å². The Bertz CT molecular complexity index is 106. The fourth-order valence-corrected chi connectivity index (χ4v) is 0.702. The summed E-state index contributed by atoms with van der Waals surface area (Å²) >= 11 is 0. The van der Waals surface area contributed by atoms with E-state index in [1.807, 2.05) is 20.8 Å². The first-order valence-electron chi connectivity index (χ1n) is 5.44. The second kappa shape index (κ2) is 14.8. The van der Waals surface area contributed by atoms with Crippen molar-refractivity contribution in [3.63, 3.8) is 0 Å². The standard InChI is InChI=1S/C7H16O3.C3H8O3/c1-4-8-7(9-5-2)10-6-3;1-2-6-3(4)5/h7H,4-6H2,1-3H3;3-5H,2H2,1H3. The van der Waals surface area contributed by atoms with Crippen molar-refractivity contribution >= 4 is 0 Å². The molecule has 0 aliphatic heterocycles. The number of aliphatic hydroxyl groups is 2. The normalized spacial score (nSPS) is 10.5. The molecule has 0 rings (SSSR count). The van der Waals surface area contributed by atoms with Gasteiger partial charge < -0.3 is 29.2 Å². The van der Waals surface area contributed by atoms with Crippen LogP contribution >= 0.6 is 0 Å². The van der Waals surface area contributed by atoms with Gasteiger partial charge in [0, 0.05) is 26.4 Å². The molecule has 0 fully saturated rings. The van der Waals surface area contributed by atoms with Crippen molar-refractivity contribution in [1.29, 1.82) is 0 Å². The first-order chi connectivity index (χ1) is 7.62. The Balaban J connectivity index is 0. The molecule has 0 radical (unpaired) electrons. The van der Waals surface area contributed by atoms with Crippen LogP contribution in [0.25, 0.3) is 0 Å². The van der Waals surface area contributed by atoms with Crippen LogP contribution in [0.4, 0.5) is 0 Å². The summed E-state index contributed by atoms with van der Waals surface area (Å²) in [4.78, 5) is 0. The van der Waals surface area contributed by atoms with E-state index in [4.69, 9.17) is 24.4 Å². The molecule has 0 saturated carbocycles. The van der Waals surface area contributed by atoms with Crippen LogP contribution in [-0.4, -0.2) is 49.6 Å². The number of hydrogen-bond acceptors (Lipinski definition) is 6. The summed E-state index contributed by atoms with van der Waals surface area (Å²) in [6.45, 7) is 7.51. The highest BCUT2D eigenvalue weighted by molar-refractivity contribution is 4.23. The summed E-state index contributed by atoms with van der Waals surface area (Å²) in [5, 5.41) is 15.8. The third kappa shape index (κ3) is 16.2. The van der Waals surface area contributed by atoms with Gasteiger partial charge in [-0.25, -0.2) is 0 Å². The van der Waals surface area contributed by atoms with E-state index in [9.17, 15) is 0 Å². The highest BCUT2D eigenvalue weighted by atomic mass is 16.8. The van der Waals surface area contributed by atoms with E-state index >= 15 is 0 Å². The number of hydrogen-bond donors (Lipinski definition) is 2. The van der Waals surface area contributed by atoms with Gasteiger partial charge in [-0.05, 0) is 27.7 Å². The minimum atomic E-state index is -1.60. The fraction of sp³-hybridized carbons (Fsp3) is 1.00. The van der Waals surface area contributed by atoms with Crippen molar-refractivity contribution in [2.24, 2.45) is 0 Å². The van der Waals surface area contributed by atoms with E-state index < -0.39 is 13.0 Å². The van der Waals surface area contributed by atoms with E-state index in [1.54, 1.807) is 6.92 Å². The van der Waals surface area contributed by atoms with Gasteiger partial charge in [0.15, 0.2) is 0 Å². The van der Waals surface area contributed by atoms with Crippen LogP contribution in [0.3, 0.4) is 0 Å². The van der Waals surface area contributed by atoms with Gasteiger partial charge in [0.2, 0.25) is 0 Å². The molecule has 0 saturated heterocycles. The van der Waals surface area contributed by atoms with Crippen molar-refractivity contribution in [1.82, 2.24) is 0 Å². The predicted octanol–water partition coefficient (Wildman–Crippen LogP) is 0.671. The van der Waals surface area contributed by atoms with Gasteiger partial charge in [-0.1, -0.05) is 0 Å². The van der Waals surface area contributed by atoms with Crippen LogP contribution in [0.15, 0.2) is 0 Å². The molecular formula is C10H24O6. The molecule has 2 N–H and O–H groups in total. The second-order valence-corrected chi connectivity index (χ2v) is 2.44. The zero-order valence-corrected chi connectivity index (χ0v) is 10.5. The van der Waals surface area contributed by atoms with Crippen molar-refractivity contribution in [3.05, 3.63) is 0 Å². The third-order valence-corrected chi connectivity index (χ3v) is 1.22. The highest BCUT2D eigenvalue weighted by Crippen LogP contribution is 1.95. The molecule has 0 atom stereocenters. The molecular weight excluding hydrogens is 216 g/mol. The average molecular weight is 240 g/mol. The molecule has 6 heteroatoms. The molecule has 0 aromatic rings. The zero-order valence-electron chi connectivity index (χ0n) is 10.5. The number of ether oxygens (including phenoxy) is 4. The van der Waals surface area contributed by atoms with Gasteiger partial charge in [0.05, 0.1) is 0 Å². The molecule has 0 unspecified atom stereocenters. The maximum Gasteiger partial charge on any atom is 0.271 e. The first-order valence-corrected chi connectivity index (χ1v) is 5.44. The first kappa shape index (κ1) is 18.1. The van der Waals surface area contributed by atoms with Gasteiger partial charge in [-0.15, -0.1) is 0 Å². The predicted molar refractivity (Wildman–Crippen MR) is 58.5 cm³/mol. The van der Waals surface area contributed by atoms with Crippen molar-refractivity contribution in [2.75, 3.05) is 26.4 Å². The molecule has 6 nitrogen and oxygen atoms in total. The van der Waals surface area contributed by atoms with Crippen LogP contribution in [0.2, 0.25) is 0 Å². The largest absolute Gasteiger partial charge is 0.346 e. The maximum atomic E-state index is 7.89. The Morgan fingerprint density at radius 3 is 1.12 bits per heavy atom. The van der Waals surface area contributed by atoms with Crippen LogP contribution < -0.4 is 0 Å². The highest BCUT2D eigenvalue weighted by Gasteiger charge is 2.04. The second-order valence-electron chi connectivity index (χ2n) is 2.44. The zero-order chi connectivity index (χ0) is 12.8. The van der Waals surface area contributed by atoms with Crippen molar-refractivity contribution < 1.29 is 29.2 Å². The van der Waals surface area contributed by atoms with Gasteiger partial charge in [0.1, 0.15) is 0 Å². The summed E-state index contributed by atoms with van der Waals surface area (Å²) in [5.74, 6) is 0. The molecule has 100 valence electrons. The van der Waals surface area contributed by atoms with Gasteiger partial charge in [0.25, 0.3) is 13.0 Å². The molecule has 0 heterocycles. The number of rotatable bonds is 8. The molecule has 0 spiro atoms. The third-order valence-electron chi connectivity index (χ3n) is 1.22. The summed E-state index contributed by atoms with van der Waals surface area (Å²) < 4.78 is 19.4. The lowest BCUT2D eigenvalue weighted by Crippen LogP contribution is -2.20. The Morgan fingerprint density at radius 2 is 1.00 bits per heavy atom. The van der Waals surface area contributed by atoms with Crippen LogP contribution in [0.1, 0.15) is 27.7 Å². The monoisotopic (exact) mass is 240 g/mol. The van der Waals surface area contributed by atoms with Gasteiger partial charge in [-0.3, -0.25) is 0 Å². The maximum absolute atomic E-state index is 7.89. The van der Waals surface area contributed by atoms with E-state index in [0.29, 0.717) is 26.4 Å². The lowest BCUT2D eigenvalue weighted by molar-refractivity contribution is -0.282. The summed E-state index contributed by atoms with van der Waals surface area (Å²) in [5.41, 5.74) is 0. The topological polar surface area (TPSA) is 77.4 Å². The molecule has 0 bridgehead atoms. The van der Waals surface area contributed by atoms with Crippen molar-refractivity contribution in [2.45, 2.75) is 40.6 Å². The van der Waals surface area contributed by atoms with Crippen LogP contribution in [0.5, 0.6) is 0 Å². The summed E-state index contributed by atoms with van der Waals surface area (Å²) in [6.07, 6.45) is 0. The quantitative estimate of drug-likeness (QED) is 0.607. The minimum absolute atomic E-state index is 0.331. The fourth-order valence-electron chi connectivity index (χ4n) is 0.702. The van der Waals surface area contributed by atoms with Crippen LogP contribution in [0, 0.1) is 0 Å². The van der Waals surface area contributed by atoms with E-state index in [1.165, 1.54) is 0 Å². The minimum Gasteiger partial charge on any atom is -0.346 e. The molecule has 0 aliphatic carbocycles. The SMILES string of the molecule is CCOC(O)O.CCOC(OCC)OCC. The van der Waals surface area contributed by atoms with Gasteiger partial charge >= 0.3 is 0 Å². The Morgan fingerprint density at radius 1 is 0.688 bits per heavy atom. The molecule has 16 heavy (non-hydrogen) atoms. The Labute approximate surface area is 97.1 Å². The summed E-state index contributed by atoms with van der Waals surface area (Å²) in [6, 6.07) is 0. The summed E-state index contributed by atoms with van der Waals surface area (Å²) in [7, 11) is 0. The average Bonchev–Trinajstić information content (AvgIpc) is 2.19. The molecule has 0 amide bonds. The smallest absolute Gasteiger partial charge is 0.271 e. The molecule has 0 aromatic carbocycles. The Kier molecular flexibility index (Phi) is 16.7.